The molecule has 0 aliphatic rings. The van der Waals surface area contributed by atoms with Gasteiger partial charge in [-0.3, -0.25) is 0 Å². The van der Waals surface area contributed by atoms with Crippen molar-refractivity contribution in [2.75, 3.05) is 5.73 Å². The summed E-state index contributed by atoms with van der Waals surface area (Å²) in [6, 6.07) is 7.56. The molecule has 3 nitrogen and oxygen atoms in total. The summed E-state index contributed by atoms with van der Waals surface area (Å²) in [7, 11) is 0. The Hall–Kier alpha value is -1.48. The van der Waals surface area contributed by atoms with E-state index in [2.05, 4.69) is 25.9 Å². The number of hydrogen-bond donors (Lipinski definition) is 1. The zero-order valence-electron chi connectivity index (χ0n) is 10.8. The Morgan fingerprint density at radius 3 is 2.67 bits per heavy atom. The molecule has 2 aromatic rings. The van der Waals surface area contributed by atoms with Gasteiger partial charge in [0.2, 0.25) is 5.88 Å². The van der Waals surface area contributed by atoms with Gasteiger partial charge in [-0.15, -0.1) is 0 Å². The van der Waals surface area contributed by atoms with E-state index < -0.39 is 0 Å². The summed E-state index contributed by atoms with van der Waals surface area (Å²) >= 11 is 6.01. The van der Waals surface area contributed by atoms with Crippen LogP contribution in [0.3, 0.4) is 0 Å². The van der Waals surface area contributed by atoms with Gasteiger partial charge in [0, 0.05) is 5.02 Å². The Morgan fingerprint density at radius 1 is 1.33 bits per heavy atom. The SMILES string of the molecule is CC(C)(C)Cc1noc(N)c1-c1cccc(Cl)c1. The van der Waals surface area contributed by atoms with Gasteiger partial charge < -0.3 is 10.3 Å². The number of halogens is 1. The van der Waals surface area contributed by atoms with Gasteiger partial charge >= 0.3 is 0 Å². The number of nitrogen functional groups attached to an aromatic ring is 1. The number of anilines is 1. The van der Waals surface area contributed by atoms with Crippen molar-refractivity contribution in [3.8, 4) is 11.1 Å². The fraction of sp³-hybridized carbons (Fsp3) is 0.357. The molecule has 0 aliphatic carbocycles. The van der Waals surface area contributed by atoms with E-state index in [-0.39, 0.29) is 5.41 Å². The van der Waals surface area contributed by atoms with E-state index in [0.29, 0.717) is 10.9 Å². The molecule has 4 heteroatoms. The molecule has 0 spiro atoms. The second-order valence-corrected chi connectivity index (χ2v) is 6.05. The van der Waals surface area contributed by atoms with Crippen LogP contribution in [0.15, 0.2) is 28.8 Å². The molecule has 0 unspecified atom stereocenters. The molecule has 2 rings (SSSR count). The lowest BCUT2D eigenvalue weighted by Gasteiger charge is -2.16. The van der Waals surface area contributed by atoms with Crippen LogP contribution in [0.2, 0.25) is 5.02 Å². The standard InChI is InChI=1S/C14H17ClN2O/c1-14(2,3)8-11-12(13(16)18-17-11)9-5-4-6-10(15)7-9/h4-7H,8,16H2,1-3H3. The molecule has 0 saturated heterocycles. The lowest BCUT2D eigenvalue weighted by molar-refractivity contribution is 0.377. The third kappa shape index (κ3) is 2.85. The van der Waals surface area contributed by atoms with Crippen LogP contribution >= 0.6 is 11.6 Å². The van der Waals surface area contributed by atoms with Gasteiger partial charge in [-0.1, -0.05) is 49.7 Å². The summed E-state index contributed by atoms with van der Waals surface area (Å²) in [5, 5.41) is 4.74. The van der Waals surface area contributed by atoms with Crippen LogP contribution in [0.1, 0.15) is 26.5 Å². The fourth-order valence-electron chi connectivity index (χ4n) is 1.91. The first-order valence-electron chi connectivity index (χ1n) is 5.87. The maximum Gasteiger partial charge on any atom is 0.230 e. The number of hydrogen-bond acceptors (Lipinski definition) is 3. The van der Waals surface area contributed by atoms with Crippen LogP contribution in [0.5, 0.6) is 0 Å². The predicted octanol–water partition coefficient (Wildman–Crippen LogP) is 4.17. The predicted molar refractivity (Wildman–Crippen MR) is 74.5 cm³/mol. The molecule has 18 heavy (non-hydrogen) atoms. The Balaban J connectivity index is 2.47. The van der Waals surface area contributed by atoms with E-state index in [0.717, 1.165) is 23.2 Å². The highest BCUT2D eigenvalue weighted by molar-refractivity contribution is 6.30. The number of aromatic nitrogens is 1. The zero-order chi connectivity index (χ0) is 13.3. The highest BCUT2D eigenvalue weighted by atomic mass is 35.5. The summed E-state index contributed by atoms with van der Waals surface area (Å²) in [6.07, 6.45) is 0.801. The summed E-state index contributed by atoms with van der Waals surface area (Å²) in [5.41, 5.74) is 8.67. The Bertz CT molecular complexity index is 555. The topological polar surface area (TPSA) is 52.0 Å². The van der Waals surface area contributed by atoms with Crippen molar-refractivity contribution in [1.29, 1.82) is 0 Å². The molecule has 1 aromatic carbocycles. The molecule has 0 aliphatic heterocycles. The van der Waals surface area contributed by atoms with Crippen LogP contribution in [-0.2, 0) is 6.42 Å². The number of rotatable bonds is 2. The number of nitrogens with two attached hydrogens (primary N) is 1. The van der Waals surface area contributed by atoms with Gasteiger partial charge in [0.15, 0.2) is 0 Å². The number of benzene rings is 1. The van der Waals surface area contributed by atoms with Crippen LogP contribution < -0.4 is 5.73 Å². The van der Waals surface area contributed by atoms with E-state index in [4.69, 9.17) is 21.9 Å². The average molecular weight is 265 g/mol. The monoisotopic (exact) mass is 264 g/mol. The smallest absolute Gasteiger partial charge is 0.230 e. The van der Waals surface area contributed by atoms with Crippen molar-refractivity contribution in [1.82, 2.24) is 5.16 Å². The van der Waals surface area contributed by atoms with Gasteiger partial charge in [-0.05, 0) is 29.5 Å². The van der Waals surface area contributed by atoms with Crippen molar-refractivity contribution < 1.29 is 4.52 Å². The summed E-state index contributed by atoms with van der Waals surface area (Å²) in [5.74, 6) is 0.344. The molecule has 0 amide bonds. The third-order valence-corrected chi connectivity index (χ3v) is 2.84. The fourth-order valence-corrected chi connectivity index (χ4v) is 2.10. The van der Waals surface area contributed by atoms with Crippen molar-refractivity contribution >= 4 is 17.5 Å². The van der Waals surface area contributed by atoms with E-state index in [9.17, 15) is 0 Å². The highest BCUT2D eigenvalue weighted by Crippen LogP contribution is 2.34. The summed E-state index contributed by atoms with van der Waals surface area (Å²) < 4.78 is 5.12. The van der Waals surface area contributed by atoms with Crippen LogP contribution in [0, 0.1) is 5.41 Å². The maximum atomic E-state index is 6.01. The Kier molecular flexibility index (Phi) is 3.35. The molecule has 0 saturated carbocycles. The van der Waals surface area contributed by atoms with Crippen molar-refractivity contribution in [2.24, 2.45) is 5.41 Å². The Morgan fingerprint density at radius 2 is 2.06 bits per heavy atom. The van der Waals surface area contributed by atoms with E-state index in [1.807, 2.05) is 24.3 Å². The molecule has 2 N–H and O–H groups in total. The van der Waals surface area contributed by atoms with Gasteiger partial charge in [-0.2, -0.15) is 0 Å². The van der Waals surface area contributed by atoms with Crippen molar-refractivity contribution in [3.05, 3.63) is 35.0 Å². The van der Waals surface area contributed by atoms with Crippen LogP contribution in [0.4, 0.5) is 5.88 Å². The molecule has 0 bridgehead atoms. The lowest BCUT2D eigenvalue weighted by atomic mass is 9.88. The maximum absolute atomic E-state index is 6.01. The van der Waals surface area contributed by atoms with Gasteiger partial charge in [0.1, 0.15) is 0 Å². The van der Waals surface area contributed by atoms with Crippen LogP contribution in [-0.4, -0.2) is 5.16 Å². The minimum atomic E-state index is 0.122. The van der Waals surface area contributed by atoms with Crippen molar-refractivity contribution in [2.45, 2.75) is 27.2 Å². The first-order valence-corrected chi connectivity index (χ1v) is 6.24. The van der Waals surface area contributed by atoms with Gasteiger partial charge in [-0.25, -0.2) is 0 Å². The molecular formula is C14H17ClN2O. The zero-order valence-corrected chi connectivity index (χ0v) is 11.6. The van der Waals surface area contributed by atoms with E-state index in [1.54, 1.807) is 0 Å². The molecule has 0 fully saturated rings. The summed E-state index contributed by atoms with van der Waals surface area (Å²) in [4.78, 5) is 0. The third-order valence-electron chi connectivity index (χ3n) is 2.60. The quantitative estimate of drug-likeness (QED) is 0.886. The first-order chi connectivity index (χ1) is 8.37. The molecule has 1 aromatic heterocycles. The number of nitrogens with zero attached hydrogens (tertiary/aromatic N) is 1. The molecular weight excluding hydrogens is 248 g/mol. The second kappa shape index (κ2) is 4.65. The minimum absolute atomic E-state index is 0.122. The minimum Gasteiger partial charge on any atom is -0.367 e. The molecule has 1 heterocycles. The Labute approximate surface area is 112 Å². The van der Waals surface area contributed by atoms with Gasteiger partial charge in [0.25, 0.3) is 0 Å². The van der Waals surface area contributed by atoms with Gasteiger partial charge in [0.05, 0.1) is 11.3 Å². The normalized spacial score (nSPS) is 11.8. The highest BCUT2D eigenvalue weighted by Gasteiger charge is 2.21. The molecule has 0 radical (unpaired) electrons. The lowest BCUT2D eigenvalue weighted by Crippen LogP contribution is -2.10. The van der Waals surface area contributed by atoms with E-state index in [1.165, 1.54) is 0 Å². The van der Waals surface area contributed by atoms with Crippen molar-refractivity contribution in [3.63, 3.8) is 0 Å². The molecule has 96 valence electrons. The van der Waals surface area contributed by atoms with Crippen LogP contribution in [0.25, 0.3) is 11.1 Å². The second-order valence-electron chi connectivity index (χ2n) is 5.62. The summed E-state index contributed by atoms with van der Waals surface area (Å²) in [6.45, 7) is 6.46. The first kappa shape index (κ1) is 13.0. The molecule has 0 atom stereocenters. The largest absolute Gasteiger partial charge is 0.367 e. The average Bonchev–Trinajstić information content (AvgIpc) is 2.57. The van der Waals surface area contributed by atoms with E-state index >= 15 is 0 Å².